The molecular weight excluding hydrogens is 1870 g/mol. The molecule has 0 bridgehead atoms. The second-order valence-corrected chi connectivity index (χ2v) is 47.7. The summed E-state index contributed by atoms with van der Waals surface area (Å²) in [6.07, 6.45) is 40.4. The van der Waals surface area contributed by atoms with Gasteiger partial charge in [0.05, 0.1) is 50.0 Å². The van der Waals surface area contributed by atoms with E-state index in [1.54, 1.807) is 51.6 Å². The number of aliphatic hydroxyl groups is 1. The van der Waals surface area contributed by atoms with Crippen molar-refractivity contribution in [2.75, 3.05) is 40.2 Å². The van der Waals surface area contributed by atoms with Crippen LogP contribution in [0.5, 0.6) is 0 Å². The Kier molecular flexibility index (Phi) is 44.2. The number of nitriles is 2. The van der Waals surface area contributed by atoms with Gasteiger partial charge in [0.1, 0.15) is 55.0 Å². The summed E-state index contributed by atoms with van der Waals surface area (Å²) in [5.41, 5.74) is 18.3. The number of aliphatic hydroxyl groups excluding tert-OH is 1. The molecule has 0 saturated heterocycles. The number of aromatic amines is 2. The first-order valence-corrected chi connectivity index (χ1v) is 56.5. The van der Waals surface area contributed by atoms with Gasteiger partial charge in [-0.3, -0.25) is 24.1 Å². The van der Waals surface area contributed by atoms with Gasteiger partial charge in [-0.15, -0.1) is 45.6 Å². The summed E-state index contributed by atoms with van der Waals surface area (Å²) in [5.74, 6) is 3.81. The normalized spacial score (nSPS) is 13.5. The minimum Gasteiger partial charge on any atom is -0.411 e. The van der Waals surface area contributed by atoms with Crippen molar-refractivity contribution in [3.05, 3.63) is 227 Å². The quantitative estimate of drug-likeness (QED) is 0.00452. The maximum atomic E-state index is 13.2. The Hall–Kier alpha value is -13.0. The molecule has 6 aromatic heterocycles. The Labute approximate surface area is 816 Å². The number of rotatable bonds is 41. The number of anilines is 4. The molecule has 17 rings (SSSR count). The minimum absolute atomic E-state index is 0.00974. The zero-order valence-electron chi connectivity index (χ0n) is 80.0. The van der Waals surface area contributed by atoms with Gasteiger partial charge in [0, 0.05) is 77.1 Å². The van der Waals surface area contributed by atoms with Gasteiger partial charge in [-0.1, -0.05) is 219 Å². The van der Waals surface area contributed by atoms with Gasteiger partial charge in [-0.2, -0.15) is 21.0 Å². The molecule has 4 saturated carbocycles. The number of azide groups is 1. The fourth-order valence-corrected chi connectivity index (χ4v) is 30.4. The number of aromatic nitrogens is 16. The Morgan fingerprint density at radius 2 is 0.833 bits per heavy atom. The first-order valence-electron chi connectivity index (χ1n) is 48.8. The van der Waals surface area contributed by atoms with Crippen molar-refractivity contribution in [1.82, 2.24) is 81.0 Å². The van der Waals surface area contributed by atoms with Crippen molar-refractivity contribution in [2.24, 2.45) is 27.0 Å². The van der Waals surface area contributed by atoms with E-state index in [1.807, 2.05) is 152 Å². The molecule has 13 aromatic rings. The number of tetrazole rings is 2. The van der Waals surface area contributed by atoms with Crippen LogP contribution in [-0.2, 0) is 52.1 Å². The number of fused-ring (bicyclic) bond motifs is 4. The Balaban J connectivity index is 0.000000163. The van der Waals surface area contributed by atoms with Crippen LogP contribution in [0.3, 0.4) is 0 Å². The molecule has 0 aliphatic heterocycles. The molecular formula is C102H132ClN25O9Sn. The summed E-state index contributed by atoms with van der Waals surface area (Å²) < 4.78 is 8.18. The molecule has 5 N–H and O–H groups in total. The number of nitrogens with zero attached hydrogens (tertiary/aromatic N) is 22. The van der Waals surface area contributed by atoms with E-state index in [1.165, 1.54) is 169 Å². The summed E-state index contributed by atoms with van der Waals surface area (Å²) in [6, 6.07) is 56.6. The van der Waals surface area contributed by atoms with Crippen LogP contribution in [0.2, 0.25) is 13.3 Å². The monoisotopic (exact) mass is 2010 g/mol. The van der Waals surface area contributed by atoms with Crippen molar-refractivity contribution in [3.63, 3.8) is 0 Å². The number of hydrogen-bond acceptors (Lipinski definition) is 23. The number of halogens is 1. The van der Waals surface area contributed by atoms with E-state index in [0.29, 0.717) is 80.4 Å². The molecule has 0 unspecified atom stereocenters. The number of hydrogen-bond donors (Lipinski definition) is 5. The number of H-pyrrole nitrogens is 2. The number of carbonyl (C=O) groups is 4. The maximum absolute atomic E-state index is 13.2. The topological polar surface area (TPSA) is 435 Å². The molecule has 0 atom stereocenters. The predicted octanol–water partition coefficient (Wildman–Crippen LogP) is 21.0. The summed E-state index contributed by atoms with van der Waals surface area (Å²) in [7, 11) is 1.00. The van der Waals surface area contributed by atoms with Gasteiger partial charge in [0.25, 0.3) is 0 Å². The summed E-state index contributed by atoms with van der Waals surface area (Å²) in [4.78, 5) is 80.3. The van der Waals surface area contributed by atoms with E-state index in [4.69, 9.17) is 42.0 Å². The third-order valence-corrected chi connectivity index (χ3v) is 38.4. The van der Waals surface area contributed by atoms with Crippen LogP contribution in [-0.4, -0.2) is 153 Å². The predicted molar refractivity (Wildman–Crippen MR) is 537 cm³/mol. The van der Waals surface area contributed by atoms with Crippen LogP contribution in [0.15, 0.2) is 192 Å². The van der Waals surface area contributed by atoms with Crippen molar-refractivity contribution in [1.29, 1.82) is 10.5 Å². The minimum atomic E-state index is -2.45. The largest absolute Gasteiger partial charge is 0.411 e. The number of benzene rings is 7. The second-order valence-electron chi connectivity index (χ2n) is 35.5. The van der Waals surface area contributed by atoms with Crippen LogP contribution in [0.25, 0.3) is 54.1 Å². The first kappa shape index (κ1) is 105. The maximum Gasteiger partial charge on any atom is 0.227 e. The van der Waals surface area contributed by atoms with Gasteiger partial charge in [0.15, 0.2) is 11.6 Å². The average molecular weight is 2010 g/mol. The second kappa shape index (κ2) is 57.9. The molecule has 138 heavy (non-hydrogen) atoms. The van der Waals surface area contributed by atoms with E-state index >= 15 is 0 Å². The molecule has 36 heteroatoms. The van der Waals surface area contributed by atoms with Crippen LogP contribution in [0.4, 0.5) is 22.7 Å². The third-order valence-electron chi connectivity index (χ3n) is 25.7. The van der Waals surface area contributed by atoms with Gasteiger partial charge >= 0.3 is 105 Å². The van der Waals surface area contributed by atoms with E-state index < -0.39 is 18.7 Å². The number of unbranched alkanes of at least 4 members (excludes halogenated alkanes) is 3. The van der Waals surface area contributed by atoms with Crippen LogP contribution in [0.1, 0.15) is 242 Å². The average Bonchev–Trinajstić information content (AvgIpc) is 1.65. The SMILES string of the molecule is CCC[CH2][Sn]([CH2]CCC)([CH2]CCC)[N]=[N+]=[N-].CO.N#CCN(C(=O)CCC1CCCC1)c1ccc2c(cnn2OCc2ccccc2)c1.N#CCNc1ccc2c(cnn2OCc2ccccc2)c1.O=C(CCC1CCCC1)N(Cc1nn[nH]n1)c1ccc2c(cnn2O)c1.O=C(CCC1CCCC1)N(Cc1nn[nH]n1)c1ccc2c(cnn2OCc2ccccc2)c1.O=C(Cl)CCC1CCCC1. The smallest absolute Gasteiger partial charge is 0.227 e. The van der Waals surface area contributed by atoms with Crippen molar-refractivity contribution < 1.29 is 44.0 Å². The third kappa shape index (κ3) is 33.4. The summed E-state index contributed by atoms with van der Waals surface area (Å²) in [6.45, 7) is 8.83. The fourth-order valence-electron chi connectivity index (χ4n) is 18.1. The number of amides is 3. The first-order chi connectivity index (χ1) is 67.6. The standard InChI is InChI=1S/C24H27N7O2.C24H26N4O2.C17H21N7O2.C16H14N4O.C8H13ClO.3C4H9.CH4O.N3.Sn/c32-24(13-10-18-6-4-5-7-18)30(16-23-26-28-29-27-23)21-11-12-22-20(14-21)15-25-31(22)33-17-19-8-2-1-3-9-19;25-14-15-27(24(29)13-10-19-6-4-5-7-19)22-11-12-23-21(16-22)17-26-28(23)30-18-20-8-2-1-3-9-20;25-17(8-5-12-3-1-2-4-12)23(11-16-19-21-22-20-16)14-6-7-15-13(9-14)10-18-24(15)26;17-8-9-18-15-6-7-16-14(10-15)11-19-20(16)21-12-13-4-2-1-3-5-13;9-8(10)6-5-7-3-1-2-4-7;3*1-3-4-2;1-2;1-3-2;/h1-3,8-9,11-12,14-15,18H,4-7,10,13,16-17H2,(H,26,27,28,29);1-3,8-9,11-12,16-17,19H,4-7,10,13,15,18H2;6-7,9-10,12,26H,1-5,8,11H2,(H,19,20,21,22);1-7,10-11,18H,9,12H2;7H,1-6H2;3*1,3-4H2,2H3;2H,1H3;;/q;;;;;;;;;-1;+1. The van der Waals surface area contributed by atoms with Crippen LogP contribution >= 0.6 is 11.6 Å². The number of nitrogens with one attached hydrogen (secondary N) is 3. The van der Waals surface area contributed by atoms with Crippen molar-refractivity contribution >= 4 is 120 Å². The van der Waals surface area contributed by atoms with E-state index in [2.05, 4.69) is 108 Å². The molecule has 34 nitrogen and oxygen atoms in total. The molecule has 6 heterocycles. The summed E-state index contributed by atoms with van der Waals surface area (Å²) >= 11 is 2.77. The van der Waals surface area contributed by atoms with Crippen LogP contribution in [0, 0.1) is 46.3 Å². The van der Waals surface area contributed by atoms with Gasteiger partial charge in [-0.05, 0) is 150 Å². The van der Waals surface area contributed by atoms with Gasteiger partial charge in [-0.25, -0.2) is 0 Å². The molecule has 0 radical (unpaired) electrons. The van der Waals surface area contributed by atoms with E-state index in [0.717, 1.165) is 121 Å². The van der Waals surface area contributed by atoms with E-state index in [-0.39, 0.29) is 49.1 Å². The molecule has 3 amide bonds. The van der Waals surface area contributed by atoms with Gasteiger partial charge < -0.3 is 39.9 Å². The molecule has 730 valence electrons. The fraction of sp³-hybridized carbons (Fsp3) is 0.471. The van der Waals surface area contributed by atoms with E-state index in [9.17, 15) is 29.6 Å². The zero-order valence-corrected chi connectivity index (χ0v) is 83.6. The van der Waals surface area contributed by atoms with Gasteiger partial charge in [0.2, 0.25) is 23.0 Å². The summed E-state index contributed by atoms with van der Waals surface area (Å²) in [5, 5.41) is 85.7. The van der Waals surface area contributed by atoms with Crippen LogP contribution < -0.4 is 34.5 Å². The molecule has 4 fully saturated rings. The molecule has 0 spiro atoms. The zero-order chi connectivity index (χ0) is 97.3. The Bertz CT molecular complexity index is 5900. The Morgan fingerprint density at radius 1 is 0.486 bits per heavy atom. The number of carbonyl (C=O) groups excluding carboxylic acids is 4. The van der Waals surface area contributed by atoms with Crippen molar-refractivity contribution in [2.45, 2.75) is 260 Å². The Morgan fingerprint density at radius 3 is 1.19 bits per heavy atom. The molecule has 4 aliphatic rings. The van der Waals surface area contributed by atoms with Crippen molar-refractivity contribution in [3.8, 4) is 12.1 Å². The molecule has 4 aliphatic carbocycles. The molecule has 7 aromatic carbocycles.